The van der Waals surface area contributed by atoms with Crippen LogP contribution >= 0.6 is 0 Å². The summed E-state index contributed by atoms with van der Waals surface area (Å²) >= 11 is 0. The number of benzene rings is 10. The van der Waals surface area contributed by atoms with Gasteiger partial charge in [-0.05, 0) is 65.4 Å². The Labute approximate surface area is 360 Å². The van der Waals surface area contributed by atoms with E-state index in [4.69, 9.17) is 9.97 Å². The largest absolute Gasteiger partial charge is 0.309 e. The first-order valence-corrected chi connectivity index (χ1v) is 21.5. The van der Waals surface area contributed by atoms with E-state index in [9.17, 15) is 0 Å². The van der Waals surface area contributed by atoms with Crippen molar-refractivity contribution in [2.75, 3.05) is 0 Å². The fourth-order valence-corrected chi connectivity index (χ4v) is 10.6. The van der Waals surface area contributed by atoms with Crippen LogP contribution < -0.4 is 0 Å². The first-order valence-electron chi connectivity index (χ1n) is 21.5. The van der Waals surface area contributed by atoms with E-state index in [2.05, 4.69) is 226 Å². The normalized spacial score (nSPS) is 12.1. The number of fused-ring (bicyclic) bond motifs is 13. The topological polar surface area (TPSA) is 40.6 Å². The van der Waals surface area contributed by atoms with Crippen LogP contribution in [-0.2, 0) is 0 Å². The maximum Gasteiger partial charge on any atom is 0.162 e. The van der Waals surface area contributed by atoms with Crippen LogP contribution in [0.5, 0.6) is 0 Å². The molecule has 14 aromatic rings. The van der Waals surface area contributed by atoms with E-state index in [1.54, 1.807) is 0 Å². The highest BCUT2D eigenvalue weighted by Crippen LogP contribution is 2.46. The van der Waals surface area contributed by atoms with Crippen molar-refractivity contribution in [3.63, 3.8) is 0 Å². The number of para-hydroxylation sites is 5. The second-order valence-electron chi connectivity index (χ2n) is 16.5. The summed E-state index contributed by atoms with van der Waals surface area (Å²) < 4.78 is 7.29. The minimum absolute atomic E-state index is 0.686. The summed E-state index contributed by atoms with van der Waals surface area (Å²) in [5.74, 6) is 1.53. The molecule has 14 rings (SSSR count). The number of rotatable bonds is 4. The standard InChI is InChI=1S/C58H35N5/c1-2-19-38(20-3-1)61-49-30-14-10-25-44(49)53-46(27-16-32-51(53)61)57-59-47-28-12-8-24-43(47)58(60-57)62-50-31-15-11-26-45(50)54-52(62)35-37-18-5-7-22-40(37)56(54)63-48-29-13-9-23-41(48)42-34-33-36-17-4-6-21-39(36)55(42)63/h1-35H. The van der Waals surface area contributed by atoms with Gasteiger partial charge < -0.3 is 9.13 Å². The van der Waals surface area contributed by atoms with Gasteiger partial charge in [0.15, 0.2) is 5.82 Å². The molecule has 0 fully saturated rings. The van der Waals surface area contributed by atoms with Gasteiger partial charge in [0.05, 0.1) is 44.3 Å². The Kier molecular flexibility index (Phi) is 7.05. The third-order valence-corrected chi connectivity index (χ3v) is 13.2. The Morgan fingerprint density at radius 2 is 0.905 bits per heavy atom. The Balaban J connectivity index is 1.13. The molecule has 5 heteroatoms. The van der Waals surface area contributed by atoms with Crippen molar-refractivity contribution in [1.29, 1.82) is 0 Å². The molecule has 4 aromatic heterocycles. The van der Waals surface area contributed by atoms with Gasteiger partial charge in [0.25, 0.3) is 0 Å². The maximum absolute atomic E-state index is 5.70. The highest BCUT2D eigenvalue weighted by atomic mass is 15.1. The molecule has 0 saturated heterocycles. The molecule has 0 atom stereocenters. The smallest absolute Gasteiger partial charge is 0.162 e. The quantitative estimate of drug-likeness (QED) is 0.178. The van der Waals surface area contributed by atoms with Gasteiger partial charge in [0.2, 0.25) is 0 Å². The molecule has 0 amide bonds. The van der Waals surface area contributed by atoms with E-state index in [0.29, 0.717) is 5.82 Å². The van der Waals surface area contributed by atoms with Crippen molar-refractivity contribution in [2.45, 2.75) is 0 Å². The fraction of sp³-hybridized carbons (Fsp3) is 0. The van der Waals surface area contributed by atoms with Crippen molar-refractivity contribution in [2.24, 2.45) is 0 Å². The summed E-state index contributed by atoms with van der Waals surface area (Å²) in [6.45, 7) is 0. The second-order valence-corrected chi connectivity index (χ2v) is 16.5. The van der Waals surface area contributed by atoms with Crippen LogP contribution in [0.1, 0.15) is 0 Å². The minimum atomic E-state index is 0.686. The van der Waals surface area contributed by atoms with Crippen molar-refractivity contribution < 1.29 is 0 Å². The van der Waals surface area contributed by atoms with Crippen LogP contribution in [0.2, 0.25) is 0 Å². The third-order valence-electron chi connectivity index (χ3n) is 13.2. The van der Waals surface area contributed by atoms with Gasteiger partial charge in [-0.1, -0.05) is 158 Å². The molecule has 4 heterocycles. The van der Waals surface area contributed by atoms with E-state index in [1.165, 1.54) is 43.4 Å². The van der Waals surface area contributed by atoms with E-state index in [-0.39, 0.29) is 0 Å². The van der Waals surface area contributed by atoms with Gasteiger partial charge in [0, 0.05) is 59.7 Å². The zero-order valence-electron chi connectivity index (χ0n) is 33.9. The van der Waals surface area contributed by atoms with Crippen molar-refractivity contribution in [3.8, 4) is 28.6 Å². The molecule has 0 saturated carbocycles. The lowest BCUT2D eigenvalue weighted by Crippen LogP contribution is -2.03. The first-order chi connectivity index (χ1) is 31.3. The number of nitrogens with zero attached hydrogens (tertiary/aromatic N) is 5. The molecule has 0 aliphatic rings. The fourth-order valence-electron chi connectivity index (χ4n) is 10.6. The van der Waals surface area contributed by atoms with Crippen LogP contribution in [0.15, 0.2) is 212 Å². The van der Waals surface area contributed by atoms with Crippen molar-refractivity contribution in [1.82, 2.24) is 23.7 Å². The Morgan fingerprint density at radius 1 is 0.317 bits per heavy atom. The van der Waals surface area contributed by atoms with Crippen LogP contribution in [0.4, 0.5) is 0 Å². The zero-order chi connectivity index (χ0) is 41.2. The predicted octanol–water partition coefficient (Wildman–Crippen LogP) is 14.9. The Morgan fingerprint density at radius 3 is 1.70 bits per heavy atom. The SMILES string of the molecule is c1ccc(-n2c3ccccc3c3c(-c4nc(-n5c6ccccc6c6c(-n7c8ccccc8c8ccc9ccccc9c87)c7ccccc7cc65)c5ccccc5n4)cccc32)cc1. The summed E-state index contributed by atoms with van der Waals surface area (Å²) in [7, 11) is 0. The van der Waals surface area contributed by atoms with Crippen LogP contribution in [0.3, 0.4) is 0 Å². The van der Waals surface area contributed by atoms with Crippen LogP contribution in [0.25, 0.3) is 126 Å². The zero-order valence-corrected chi connectivity index (χ0v) is 33.9. The van der Waals surface area contributed by atoms with Gasteiger partial charge in [-0.25, -0.2) is 9.97 Å². The lowest BCUT2D eigenvalue weighted by Gasteiger charge is -2.17. The average Bonchev–Trinajstić information content (AvgIpc) is 3.99. The molecule has 0 spiro atoms. The summed E-state index contributed by atoms with van der Waals surface area (Å²) in [6, 6.07) is 76.5. The summed E-state index contributed by atoms with van der Waals surface area (Å²) in [5, 5.41) is 12.9. The Bertz CT molecular complexity index is 4210. The molecule has 292 valence electrons. The lowest BCUT2D eigenvalue weighted by atomic mass is 10.0. The van der Waals surface area contributed by atoms with Gasteiger partial charge in [0.1, 0.15) is 5.82 Å². The second kappa shape index (κ2) is 13.0. The Hall–Kier alpha value is -8.54. The van der Waals surface area contributed by atoms with Crippen molar-refractivity contribution in [3.05, 3.63) is 212 Å². The van der Waals surface area contributed by atoms with Crippen LogP contribution in [0, 0.1) is 0 Å². The van der Waals surface area contributed by atoms with E-state index in [0.717, 1.165) is 77.3 Å². The summed E-state index contributed by atoms with van der Waals surface area (Å²) in [4.78, 5) is 11.1. The van der Waals surface area contributed by atoms with E-state index >= 15 is 0 Å². The third kappa shape index (κ3) is 4.76. The van der Waals surface area contributed by atoms with Crippen molar-refractivity contribution >= 4 is 97.9 Å². The number of aromatic nitrogens is 5. The molecular weight excluding hydrogens is 767 g/mol. The summed E-state index contributed by atoms with van der Waals surface area (Å²) in [5.41, 5.74) is 11.0. The van der Waals surface area contributed by atoms with E-state index in [1.807, 2.05) is 0 Å². The predicted molar refractivity (Wildman–Crippen MR) is 263 cm³/mol. The molecule has 0 N–H and O–H groups in total. The van der Waals surface area contributed by atoms with Crippen LogP contribution in [-0.4, -0.2) is 23.7 Å². The first kappa shape index (κ1) is 34.2. The highest BCUT2D eigenvalue weighted by molar-refractivity contribution is 6.25. The maximum atomic E-state index is 5.70. The molecule has 0 unspecified atom stereocenters. The highest BCUT2D eigenvalue weighted by Gasteiger charge is 2.25. The molecule has 10 aromatic carbocycles. The molecule has 5 nitrogen and oxygen atoms in total. The van der Waals surface area contributed by atoms with Gasteiger partial charge in [-0.3, -0.25) is 4.57 Å². The molecule has 0 aliphatic heterocycles. The van der Waals surface area contributed by atoms with E-state index < -0.39 is 0 Å². The van der Waals surface area contributed by atoms with Gasteiger partial charge in [-0.15, -0.1) is 0 Å². The molecule has 63 heavy (non-hydrogen) atoms. The average molecular weight is 802 g/mol. The monoisotopic (exact) mass is 801 g/mol. The van der Waals surface area contributed by atoms with Gasteiger partial charge in [-0.2, -0.15) is 0 Å². The number of hydrogen-bond acceptors (Lipinski definition) is 2. The summed E-state index contributed by atoms with van der Waals surface area (Å²) in [6.07, 6.45) is 0. The molecule has 0 radical (unpaired) electrons. The minimum Gasteiger partial charge on any atom is -0.309 e. The van der Waals surface area contributed by atoms with Gasteiger partial charge >= 0.3 is 0 Å². The molecule has 0 bridgehead atoms. The number of hydrogen-bond donors (Lipinski definition) is 0. The molecular formula is C58H35N5. The molecule has 0 aliphatic carbocycles. The lowest BCUT2D eigenvalue weighted by molar-refractivity contribution is 1.08.